The van der Waals surface area contributed by atoms with E-state index in [0.29, 0.717) is 11.4 Å². The lowest BCUT2D eigenvalue weighted by Crippen LogP contribution is -2.02. The van der Waals surface area contributed by atoms with E-state index in [0.717, 1.165) is 12.8 Å². The van der Waals surface area contributed by atoms with Gasteiger partial charge in [-0.05, 0) is 22.7 Å². The van der Waals surface area contributed by atoms with Gasteiger partial charge in [-0.15, -0.1) is 0 Å². The van der Waals surface area contributed by atoms with Gasteiger partial charge < -0.3 is 20.2 Å². The van der Waals surface area contributed by atoms with Crippen molar-refractivity contribution in [2.24, 2.45) is 0 Å². The first-order chi connectivity index (χ1) is 7.20. The molecule has 0 unspecified atom stereocenters. The number of rotatable bonds is 4. The van der Waals surface area contributed by atoms with E-state index in [9.17, 15) is 10.1 Å². The summed E-state index contributed by atoms with van der Waals surface area (Å²) in [5.41, 5.74) is 0.674. The highest BCUT2D eigenvalue weighted by Gasteiger charge is 2.26. The number of nitrogens with zero attached hydrogens (tertiary/aromatic N) is 2. The molecule has 0 aromatic carbocycles. The number of hydrogen-bond acceptors (Lipinski definition) is 5. The van der Waals surface area contributed by atoms with Gasteiger partial charge in [0, 0.05) is 7.05 Å². The topological polar surface area (TPSA) is 77.3 Å². The summed E-state index contributed by atoms with van der Waals surface area (Å²) in [4.78, 5) is 13.7. The summed E-state index contributed by atoms with van der Waals surface area (Å²) in [5.74, 6) is 0.311. The van der Waals surface area contributed by atoms with Crippen molar-refractivity contribution in [2.45, 2.75) is 18.9 Å². The third kappa shape index (κ3) is 2.15. The van der Waals surface area contributed by atoms with Crippen molar-refractivity contribution < 1.29 is 9.66 Å². The van der Waals surface area contributed by atoms with Crippen LogP contribution in [0.5, 0.6) is 5.75 Å². The average molecular weight is 209 g/mol. The van der Waals surface area contributed by atoms with Crippen molar-refractivity contribution in [3.8, 4) is 5.75 Å². The zero-order chi connectivity index (χ0) is 10.8. The van der Waals surface area contributed by atoms with Crippen LogP contribution in [0.2, 0.25) is 0 Å². The van der Waals surface area contributed by atoms with E-state index in [4.69, 9.17) is 4.74 Å². The van der Waals surface area contributed by atoms with Crippen molar-refractivity contribution in [3.63, 3.8) is 0 Å². The van der Waals surface area contributed by atoms with Gasteiger partial charge in [-0.25, -0.2) is 0 Å². The Bertz CT molecular complexity index is 390. The molecule has 6 heteroatoms. The SMILES string of the molecule is CNc1cnc([N+](=O)[O-])cc1OC1CC1. The van der Waals surface area contributed by atoms with Crippen molar-refractivity contribution >= 4 is 11.5 Å². The maximum Gasteiger partial charge on any atom is 0.367 e. The first kappa shape index (κ1) is 9.70. The smallest absolute Gasteiger partial charge is 0.367 e. The summed E-state index contributed by atoms with van der Waals surface area (Å²) in [6, 6.07) is 1.35. The van der Waals surface area contributed by atoms with E-state index in [-0.39, 0.29) is 11.9 Å². The van der Waals surface area contributed by atoms with Crippen molar-refractivity contribution in [1.29, 1.82) is 0 Å². The molecule has 1 fully saturated rings. The van der Waals surface area contributed by atoms with Gasteiger partial charge in [0.1, 0.15) is 5.69 Å². The molecule has 1 aromatic heterocycles. The first-order valence-electron chi connectivity index (χ1n) is 4.69. The summed E-state index contributed by atoms with van der Waals surface area (Å²) in [6.07, 6.45) is 3.65. The van der Waals surface area contributed by atoms with Crippen LogP contribution in [0.1, 0.15) is 12.8 Å². The van der Waals surface area contributed by atoms with Gasteiger partial charge in [-0.1, -0.05) is 0 Å². The molecule has 1 saturated carbocycles. The minimum Gasteiger partial charge on any atom is -0.488 e. The molecule has 0 bridgehead atoms. The Morgan fingerprint density at radius 2 is 2.40 bits per heavy atom. The Hall–Kier alpha value is -1.85. The zero-order valence-electron chi connectivity index (χ0n) is 8.27. The fraction of sp³-hybridized carbons (Fsp3) is 0.444. The van der Waals surface area contributed by atoms with Gasteiger partial charge in [-0.3, -0.25) is 0 Å². The third-order valence-corrected chi connectivity index (χ3v) is 2.13. The minimum atomic E-state index is -0.529. The zero-order valence-corrected chi connectivity index (χ0v) is 8.27. The fourth-order valence-electron chi connectivity index (χ4n) is 1.18. The second-order valence-electron chi connectivity index (χ2n) is 3.36. The second kappa shape index (κ2) is 3.72. The van der Waals surface area contributed by atoms with Gasteiger partial charge in [0.15, 0.2) is 11.9 Å². The summed E-state index contributed by atoms with van der Waals surface area (Å²) < 4.78 is 5.53. The molecule has 0 atom stereocenters. The Kier molecular flexibility index (Phi) is 2.40. The second-order valence-corrected chi connectivity index (χ2v) is 3.36. The Labute approximate surface area is 86.4 Å². The molecule has 0 saturated heterocycles. The Morgan fingerprint density at radius 3 is 2.93 bits per heavy atom. The van der Waals surface area contributed by atoms with Gasteiger partial charge in [0.2, 0.25) is 0 Å². The van der Waals surface area contributed by atoms with E-state index in [2.05, 4.69) is 10.3 Å². The van der Waals surface area contributed by atoms with Gasteiger partial charge in [0.25, 0.3) is 0 Å². The van der Waals surface area contributed by atoms with Crippen LogP contribution in [0, 0.1) is 10.1 Å². The van der Waals surface area contributed by atoms with Crippen LogP contribution < -0.4 is 10.1 Å². The number of anilines is 1. The van der Waals surface area contributed by atoms with E-state index < -0.39 is 4.92 Å². The van der Waals surface area contributed by atoms with Crippen molar-refractivity contribution in [3.05, 3.63) is 22.4 Å². The van der Waals surface area contributed by atoms with Crippen LogP contribution in [0.15, 0.2) is 12.3 Å². The first-order valence-corrected chi connectivity index (χ1v) is 4.69. The number of pyridine rings is 1. The van der Waals surface area contributed by atoms with Crippen molar-refractivity contribution in [1.82, 2.24) is 4.98 Å². The molecule has 0 spiro atoms. The number of nitrogens with one attached hydrogen (secondary N) is 1. The highest BCUT2D eigenvalue weighted by Crippen LogP contribution is 2.33. The summed E-state index contributed by atoms with van der Waals surface area (Å²) in [6.45, 7) is 0. The minimum absolute atomic E-state index is 0.190. The summed E-state index contributed by atoms with van der Waals surface area (Å²) in [7, 11) is 1.72. The molecule has 1 aliphatic rings. The normalized spacial score (nSPS) is 14.7. The highest BCUT2D eigenvalue weighted by molar-refractivity contribution is 5.57. The summed E-state index contributed by atoms with van der Waals surface area (Å²) in [5, 5.41) is 13.4. The molecule has 0 aliphatic heterocycles. The highest BCUT2D eigenvalue weighted by atomic mass is 16.6. The quantitative estimate of drug-likeness (QED) is 0.601. The van der Waals surface area contributed by atoms with Gasteiger partial charge in [0.05, 0.1) is 12.2 Å². The number of aromatic nitrogens is 1. The molecule has 80 valence electrons. The standard InChI is InChI=1S/C9H11N3O3/c1-10-7-5-11-9(12(13)14)4-8(7)15-6-2-3-6/h4-6,10H,2-3H2,1H3. The molecule has 6 nitrogen and oxygen atoms in total. The average Bonchev–Trinajstić information content (AvgIpc) is 3.01. The largest absolute Gasteiger partial charge is 0.488 e. The van der Waals surface area contributed by atoms with E-state index >= 15 is 0 Å². The van der Waals surface area contributed by atoms with Gasteiger partial charge >= 0.3 is 5.82 Å². The van der Waals surface area contributed by atoms with Crippen LogP contribution in [-0.2, 0) is 0 Å². The molecule has 1 N–H and O–H groups in total. The fourth-order valence-corrected chi connectivity index (χ4v) is 1.18. The molecule has 0 amide bonds. The lowest BCUT2D eigenvalue weighted by atomic mass is 10.3. The van der Waals surface area contributed by atoms with Crippen LogP contribution in [0.3, 0.4) is 0 Å². The molecule has 2 rings (SSSR count). The molecular weight excluding hydrogens is 198 g/mol. The van der Waals surface area contributed by atoms with E-state index in [1.165, 1.54) is 12.3 Å². The maximum atomic E-state index is 10.5. The lowest BCUT2D eigenvalue weighted by Gasteiger charge is -2.08. The Balaban J connectivity index is 2.28. The maximum absolute atomic E-state index is 10.5. The molecule has 15 heavy (non-hydrogen) atoms. The molecule has 0 radical (unpaired) electrons. The Morgan fingerprint density at radius 1 is 1.67 bits per heavy atom. The third-order valence-electron chi connectivity index (χ3n) is 2.13. The number of nitro groups is 1. The van der Waals surface area contributed by atoms with E-state index in [1.807, 2.05) is 0 Å². The van der Waals surface area contributed by atoms with Gasteiger partial charge in [-0.2, -0.15) is 0 Å². The predicted molar refractivity (Wildman–Crippen MR) is 54.1 cm³/mol. The monoisotopic (exact) mass is 209 g/mol. The van der Waals surface area contributed by atoms with Crippen LogP contribution in [-0.4, -0.2) is 23.1 Å². The van der Waals surface area contributed by atoms with E-state index in [1.54, 1.807) is 7.05 Å². The number of ether oxygens (including phenoxy) is 1. The van der Waals surface area contributed by atoms with Crippen molar-refractivity contribution in [2.75, 3.05) is 12.4 Å². The predicted octanol–water partition coefficient (Wildman–Crippen LogP) is 1.57. The van der Waals surface area contributed by atoms with Crippen LogP contribution in [0.25, 0.3) is 0 Å². The van der Waals surface area contributed by atoms with Crippen LogP contribution in [0.4, 0.5) is 11.5 Å². The molecular formula is C9H11N3O3. The molecule has 1 aromatic rings. The lowest BCUT2D eigenvalue weighted by molar-refractivity contribution is -0.389. The molecule has 1 heterocycles. The number of hydrogen-bond donors (Lipinski definition) is 1. The summed E-state index contributed by atoms with van der Waals surface area (Å²) >= 11 is 0. The van der Waals surface area contributed by atoms with Crippen LogP contribution >= 0.6 is 0 Å². The molecule has 1 aliphatic carbocycles.